The molecular weight excluding hydrogens is 320 g/mol. The Kier molecular flexibility index (Phi) is 5.28. The highest BCUT2D eigenvalue weighted by atomic mass is 16.5. The number of nitrogens with one attached hydrogen (secondary N) is 1. The predicted molar refractivity (Wildman–Crippen MR) is 94.7 cm³/mol. The monoisotopic (exact) mass is 344 g/mol. The highest BCUT2D eigenvalue weighted by Crippen LogP contribution is 2.16. The Bertz CT molecular complexity index is 700. The van der Waals surface area contributed by atoms with Crippen molar-refractivity contribution in [3.05, 3.63) is 29.4 Å². The second-order valence-electron chi connectivity index (χ2n) is 6.41. The summed E-state index contributed by atoms with van der Waals surface area (Å²) in [6.07, 6.45) is 4.29. The Morgan fingerprint density at radius 1 is 1.20 bits per heavy atom. The lowest BCUT2D eigenvalue weighted by Gasteiger charge is -2.32. The van der Waals surface area contributed by atoms with E-state index in [2.05, 4.69) is 37.3 Å². The zero-order valence-electron chi connectivity index (χ0n) is 14.9. The quantitative estimate of drug-likeness (QED) is 0.877. The molecule has 2 aromatic rings. The molecule has 0 aromatic carbocycles. The minimum Gasteiger partial charge on any atom is -0.361 e. The van der Waals surface area contributed by atoms with Gasteiger partial charge in [-0.1, -0.05) is 5.16 Å². The first-order valence-corrected chi connectivity index (χ1v) is 8.50. The van der Waals surface area contributed by atoms with Gasteiger partial charge in [0.15, 0.2) is 0 Å². The molecule has 0 aliphatic carbocycles. The number of aryl methyl sites for hydroxylation is 2. The first-order chi connectivity index (χ1) is 12.0. The SMILES string of the molecule is Cc1noc(C)c1CCC(=O)Nc1cnc(N2CCN(C)CC2)nc1. The molecule has 8 nitrogen and oxygen atoms in total. The number of hydrogen-bond acceptors (Lipinski definition) is 7. The number of hydrogen-bond donors (Lipinski definition) is 1. The lowest BCUT2D eigenvalue weighted by Crippen LogP contribution is -2.45. The van der Waals surface area contributed by atoms with Crippen LogP contribution in [0, 0.1) is 13.8 Å². The maximum atomic E-state index is 12.1. The van der Waals surface area contributed by atoms with Crippen molar-refractivity contribution in [3.8, 4) is 0 Å². The minimum absolute atomic E-state index is 0.0732. The first-order valence-electron chi connectivity index (χ1n) is 8.50. The van der Waals surface area contributed by atoms with Gasteiger partial charge in [-0.2, -0.15) is 0 Å². The van der Waals surface area contributed by atoms with E-state index in [0.717, 1.165) is 43.2 Å². The van der Waals surface area contributed by atoms with Gasteiger partial charge in [-0.15, -0.1) is 0 Å². The summed E-state index contributed by atoms with van der Waals surface area (Å²) in [5.41, 5.74) is 2.45. The minimum atomic E-state index is -0.0732. The van der Waals surface area contributed by atoms with Gasteiger partial charge in [-0.3, -0.25) is 4.79 Å². The zero-order valence-corrected chi connectivity index (χ0v) is 14.9. The van der Waals surface area contributed by atoms with Crippen molar-refractivity contribution in [2.75, 3.05) is 43.4 Å². The molecular formula is C17H24N6O2. The van der Waals surface area contributed by atoms with Crippen molar-refractivity contribution in [1.82, 2.24) is 20.0 Å². The molecule has 0 unspecified atom stereocenters. The second kappa shape index (κ2) is 7.60. The van der Waals surface area contributed by atoms with E-state index in [0.29, 0.717) is 24.5 Å². The lowest BCUT2D eigenvalue weighted by molar-refractivity contribution is -0.116. The number of amides is 1. The van der Waals surface area contributed by atoms with Gasteiger partial charge in [-0.25, -0.2) is 9.97 Å². The summed E-state index contributed by atoms with van der Waals surface area (Å²) in [6, 6.07) is 0. The molecule has 2 aromatic heterocycles. The molecule has 1 fully saturated rings. The summed E-state index contributed by atoms with van der Waals surface area (Å²) in [7, 11) is 2.11. The smallest absolute Gasteiger partial charge is 0.225 e. The van der Waals surface area contributed by atoms with E-state index in [1.165, 1.54) is 0 Å². The number of carbonyl (C=O) groups excluding carboxylic acids is 1. The van der Waals surface area contributed by atoms with Crippen LogP contribution in [0.1, 0.15) is 23.4 Å². The zero-order chi connectivity index (χ0) is 17.8. The predicted octanol–water partition coefficient (Wildman–Crippen LogP) is 1.40. The van der Waals surface area contributed by atoms with Gasteiger partial charge in [0.2, 0.25) is 11.9 Å². The third kappa shape index (κ3) is 4.33. The van der Waals surface area contributed by atoms with E-state index < -0.39 is 0 Å². The van der Waals surface area contributed by atoms with Gasteiger partial charge < -0.3 is 19.6 Å². The third-order valence-electron chi connectivity index (χ3n) is 4.49. The Morgan fingerprint density at radius 2 is 1.88 bits per heavy atom. The average molecular weight is 344 g/mol. The third-order valence-corrected chi connectivity index (χ3v) is 4.49. The van der Waals surface area contributed by atoms with Crippen molar-refractivity contribution < 1.29 is 9.32 Å². The van der Waals surface area contributed by atoms with Crippen molar-refractivity contribution in [2.24, 2.45) is 0 Å². The normalized spacial score (nSPS) is 15.4. The van der Waals surface area contributed by atoms with Crippen LogP contribution in [0.15, 0.2) is 16.9 Å². The molecule has 134 valence electrons. The van der Waals surface area contributed by atoms with Crippen molar-refractivity contribution in [2.45, 2.75) is 26.7 Å². The van der Waals surface area contributed by atoms with Crippen molar-refractivity contribution in [3.63, 3.8) is 0 Å². The molecule has 0 saturated carbocycles. The van der Waals surface area contributed by atoms with Gasteiger partial charge in [0.05, 0.1) is 23.8 Å². The lowest BCUT2D eigenvalue weighted by atomic mass is 10.1. The summed E-state index contributed by atoms with van der Waals surface area (Å²) in [5.74, 6) is 1.41. The van der Waals surface area contributed by atoms with Crippen LogP contribution >= 0.6 is 0 Å². The van der Waals surface area contributed by atoms with E-state index in [4.69, 9.17) is 4.52 Å². The molecule has 1 aliphatic heterocycles. The maximum absolute atomic E-state index is 12.1. The van der Waals surface area contributed by atoms with Crippen LogP contribution in [0.5, 0.6) is 0 Å². The number of likely N-dealkylation sites (N-methyl/N-ethyl adjacent to an activating group) is 1. The van der Waals surface area contributed by atoms with Crippen molar-refractivity contribution >= 4 is 17.5 Å². The Balaban J connectivity index is 1.52. The van der Waals surface area contributed by atoms with Crippen LogP contribution in [0.25, 0.3) is 0 Å². The van der Waals surface area contributed by atoms with Crippen LogP contribution in [-0.4, -0.2) is 59.2 Å². The molecule has 0 bridgehead atoms. The largest absolute Gasteiger partial charge is 0.361 e. The molecule has 1 aliphatic rings. The standard InChI is InChI=1S/C17H24N6O2/c1-12-15(13(2)25-21-12)4-5-16(24)20-14-10-18-17(19-11-14)23-8-6-22(3)7-9-23/h10-11H,4-9H2,1-3H3,(H,20,24). The second-order valence-corrected chi connectivity index (χ2v) is 6.41. The fourth-order valence-electron chi connectivity index (χ4n) is 2.88. The van der Waals surface area contributed by atoms with Gasteiger partial charge in [0, 0.05) is 38.2 Å². The van der Waals surface area contributed by atoms with Gasteiger partial charge in [0.25, 0.3) is 0 Å². The topological polar surface area (TPSA) is 87.4 Å². The number of nitrogens with zero attached hydrogens (tertiary/aromatic N) is 5. The summed E-state index contributed by atoms with van der Waals surface area (Å²) >= 11 is 0. The fourth-order valence-corrected chi connectivity index (χ4v) is 2.88. The molecule has 0 radical (unpaired) electrons. The molecule has 8 heteroatoms. The van der Waals surface area contributed by atoms with E-state index in [1.54, 1.807) is 12.4 Å². The molecule has 1 saturated heterocycles. The number of carbonyl (C=O) groups is 1. The first kappa shape index (κ1) is 17.3. The fraction of sp³-hybridized carbons (Fsp3) is 0.529. The molecule has 0 atom stereocenters. The van der Waals surface area contributed by atoms with Gasteiger partial charge in [0.1, 0.15) is 5.76 Å². The van der Waals surface area contributed by atoms with Crippen LogP contribution in [0.2, 0.25) is 0 Å². The summed E-state index contributed by atoms with van der Waals surface area (Å²) < 4.78 is 5.11. The van der Waals surface area contributed by atoms with Crippen LogP contribution in [-0.2, 0) is 11.2 Å². The van der Waals surface area contributed by atoms with E-state index in [-0.39, 0.29) is 5.91 Å². The number of anilines is 2. The Labute approximate surface area is 147 Å². The summed E-state index contributed by atoms with van der Waals surface area (Å²) in [5, 5.41) is 6.74. The number of piperazine rings is 1. The van der Waals surface area contributed by atoms with Crippen LogP contribution in [0.4, 0.5) is 11.6 Å². The molecule has 3 rings (SSSR count). The summed E-state index contributed by atoms with van der Waals surface area (Å²) in [4.78, 5) is 25.3. The highest BCUT2D eigenvalue weighted by molar-refractivity contribution is 5.90. The average Bonchev–Trinajstić information content (AvgIpc) is 2.93. The molecule has 25 heavy (non-hydrogen) atoms. The molecule has 1 amide bonds. The van der Waals surface area contributed by atoms with Crippen LogP contribution in [0.3, 0.4) is 0 Å². The maximum Gasteiger partial charge on any atom is 0.225 e. The summed E-state index contributed by atoms with van der Waals surface area (Å²) in [6.45, 7) is 7.58. The number of aromatic nitrogens is 3. The number of rotatable bonds is 5. The van der Waals surface area contributed by atoms with E-state index in [9.17, 15) is 4.79 Å². The molecule has 0 spiro atoms. The highest BCUT2D eigenvalue weighted by Gasteiger charge is 2.16. The van der Waals surface area contributed by atoms with Gasteiger partial charge >= 0.3 is 0 Å². The van der Waals surface area contributed by atoms with E-state index >= 15 is 0 Å². The van der Waals surface area contributed by atoms with Crippen molar-refractivity contribution in [1.29, 1.82) is 0 Å². The van der Waals surface area contributed by atoms with Crippen LogP contribution < -0.4 is 10.2 Å². The van der Waals surface area contributed by atoms with E-state index in [1.807, 2.05) is 13.8 Å². The Morgan fingerprint density at radius 3 is 2.48 bits per heavy atom. The Hall–Kier alpha value is -2.48. The molecule has 3 heterocycles. The van der Waals surface area contributed by atoms with Gasteiger partial charge in [-0.05, 0) is 27.3 Å². The molecule has 1 N–H and O–H groups in total.